The Morgan fingerprint density at radius 3 is 2.95 bits per heavy atom. The first-order chi connectivity index (χ1) is 10.5. The number of fused-ring (bicyclic) bond motifs is 1. The maximum atomic E-state index is 13.4. The minimum Gasteiger partial charge on any atom is -0.478 e. The first-order valence-corrected chi connectivity index (χ1v) is 6.81. The van der Waals surface area contributed by atoms with Gasteiger partial charge in [0.05, 0.1) is 11.1 Å². The van der Waals surface area contributed by atoms with Crippen LogP contribution < -0.4 is 0 Å². The van der Waals surface area contributed by atoms with E-state index in [1.807, 2.05) is 6.08 Å². The first kappa shape index (κ1) is 14.2. The number of hydrogen-bond acceptors (Lipinski definition) is 3. The molecule has 0 aliphatic heterocycles. The second-order valence-electron chi connectivity index (χ2n) is 5.40. The molecule has 1 aliphatic carbocycles. The Morgan fingerprint density at radius 1 is 1.50 bits per heavy atom. The van der Waals surface area contributed by atoms with Gasteiger partial charge in [-0.1, -0.05) is 6.08 Å². The summed E-state index contributed by atoms with van der Waals surface area (Å²) in [6.07, 6.45) is 4.41. The molecule has 6 nitrogen and oxygen atoms in total. The molecule has 2 aromatic rings. The Morgan fingerprint density at radius 2 is 2.27 bits per heavy atom. The van der Waals surface area contributed by atoms with Gasteiger partial charge < -0.3 is 9.67 Å². The summed E-state index contributed by atoms with van der Waals surface area (Å²) in [7, 11) is 0. The highest BCUT2D eigenvalue weighted by molar-refractivity contribution is 6.04. The lowest BCUT2D eigenvalue weighted by Gasteiger charge is -2.08. The molecule has 1 aromatic carbocycles. The number of aromatic nitrogens is 1. The maximum Gasteiger partial charge on any atom is 0.337 e. The summed E-state index contributed by atoms with van der Waals surface area (Å²) >= 11 is 0. The standard InChI is InChI=1S/C15H13FN2O4/c16-10-2-4-14-12(6-10)13(15(19)20)8-17(14)11-3-1-9(5-11)7-18(21)22/h2-4,6,8-9H,1,5,7H2,(H,19,20). The minimum absolute atomic E-state index is 0.0214. The van der Waals surface area contributed by atoms with Crippen LogP contribution >= 0.6 is 0 Å². The molecule has 7 heteroatoms. The molecule has 1 aromatic heterocycles. The van der Waals surface area contributed by atoms with Gasteiger partial charge in [0.25, 0.3) is 0 Å². The van der Waals surface area contributed by atoms with Crippen LogP contribution in [0.3, 0.4) is 0 Å². The van der Waals surface area contributed by atoms with Crippen molar-refractivity contribution in [1.29, 1.82) is 0 Å². The van der Waals surface area contributed by atoms with Crippen LogP contribution in [0.1, 0.15) is 23.2 Å². The van der Waals surface area contributed by atoms with Crippen molar-refractivity contribution in [2.75, 3.05) is 6.54 Å². The zero-order valence-electron chi connectivity index (χ0n) is 11.5. The van der Waals surface area contributed by atoms with Gasteiger partial charge in [-0.05, 0) is 31.0 Å². The predicted octanol–water partition coefficient (Wildman–Crippen LogP) is 3.01. The van der Waals surface area contributed by atoms with E-state index < -0.39 is 11.8 Å². The molecule has 3 rings (SSSR count). The zero-order valence-corrected chi connectivity index (χ0v) is 11.5. The van der Waals surface area contributed by atoms with E-state index in [-0.39, 0.29) is 22.9 Å². The summed E-state index contributed by atoms with van der Waals surface area (Å²) in [6.45, 7) is -0.111. The molecule has 1 N–H and O–H groups in total. The number of carboxylic acids is 1. The van der Waals surface area contributed by atoms with E-state index in [2.05, 4.69) is 0 Å². The SMILES string of the molecule is O=C(O)c1cn(C2=CCC(C[N+](=O)[O-])C2)c2ccc(F)cc12. The van der Waals surface area contributed by atoms with E-state index in [0.717, 1.165) is 5.70 Å². The highest BCUT2D eigenvalue weighted by Crippen LogP contribution is 2.33. The average Bonchev–Trinajstić information content (AvgIpc) is 3.01. The summed E-state index contributed by atoms with van der Waals surface area (Å²) in [5.74, 6) is -1.72. The van der Waals surface area contributed by atoms with E-state index in [1.165, 1.54) is 24.4 Å². The minimum atomic E-state index is -1.13. The summed E-state index contributed by atoms with van der Waals surface area (Å²) in [6, 6.07) is 3.99. The number of carbonyl (C=O) groups is 1. The summed E-state index contributed by atoms with van der Waals surface area (Å²) in [4.78, 5) is 21.6. The van der Waals surface area contributed by atoms with Gasteiger partial charge in [0.15, 0.2) is 0 Å². The molecule has 0 spiro atoms. The van der Waals surface area contributed by atoms with Crippen LogP contribution in [0.4, 0.5) is 4.39 Å². The van der Waals surface area contributed by atoms with Crippen LogP contribution in [-0.2, 0) is 0 Å². The van der Waals surface area contributed by atoms with Gasteiger partial charge in [-0.2, -0.15) is 0 Å². The monoisotopic (exact) mass is 304 g/mol. The Hall–Kier alpha value is -2.70. The number of nitrogens with zero attached hydrogens (tertiary/aromatic N) is 2. The number of hydrogen-bond donors (Lipinski definition) is 1. The van der Waals surface area contributed by atoms with Crippen molar-refractivity contribution in [1.82, 2.24) is 4.57 Å². The van der Waals surface area contributed by atoms with Gasteiger partial charge >= 0.3 is 5.97 Å². The summed E-state index contributed by atoms with van der Waals surface area (Å²) in [5, 5.41) is 20.2. The van der Waals surface area contributed by atoms with Gasteiger partial charge in [0, 0.05) is 28.1 Å². The number of halogens is 1. The van der Waals surface area contributed by atoms with Crippen LogP contribution in [0.15, 0.2) is 30.5 Å². The van der Waals surface area contributed by atoms with Crippen LogP contribution in [0, 0.1) is 21.8 Å². The van der Waals surface area contributed by atoms with Crippen molar-refractivity contribution in [2.24, 2.45) is 5.92 Å². The topological polar surface area (TPSA) is 85.4 Å². The van der Waals surface area contributed by atoms with Crippen molar-refractivity contribution < 1.29 is 19.2 Å². The fraction of sp³-hybridized carbons (Fsp3) is 0.267. The third-order valence-corrected chi connectivity index (χ3v) is 3.90. The molecule has 0 amide bonds. The summed E-state index contributed by atoms with van der Waals surface area (Å²) < 4.78 is 15.1. The maximum absolute atomic E-state index is 13.4. The predicted molar refractivity (Wildman–Crippen MR) is 77.7 cm³/mol. The average molecular weight is 304 g/mol. The smallest absolute Gasteiger partial charge is 0.337 e. The van der Waals surface area contributed by atoms with E-state index in [0.29, 0.717) is 23.7 Å². The molecule has 0 saturated heterocycles. The molecule has 1 atom stereocenters. The van der Waals surface area contributed by atoms with E-state index in [1.54, 1.807) is 4.57 Å². The zero-order chi connectivity index (χ0) is 15.9. The van der Waals surface area contributed by atoms with Crippen LogP contribution in [-0.4, -0.2) is 27.1 Å². The number of allylic oxidation sites excluding steroid dienone is 2. The van der Waals surface area contributed by atoms with Crippen molar-refractivity contribution >= 4 is 22.6 Å². The fourth-order valence-corrected chi connectivity index (χ4v) is 2.92. The molecule has 0 radical (unpaired) electrons. The molecule has 0 bridgehead atoms. The molecule has 1 aliphatic rings. The largest absolute Gasteiger partial charge is 0.478 e. The number of benzene rings is 1. The number of carboxylic acid groups (broad SMARTS) is 1. The van der Waals surface area contributed by atoms with Gasteiger partial charge in [-0.3, -0.25) is 10.1 Å². The number of rotatable bonds is 4. The molecule has 0 fully saturated rings. The van der Waals surface area contributed by atoms with Gasteiger partial charge in [-0.25, -0.2) is 9.18 Å². The third kappa shape index (κ3) is 2.45. The first-order valence-electron chi connectivity index (χ1n) is 6.81. The van der Waals surface area contributed by atoms with Crippen LogP contribution in [0.2, 0.25) is 0 Å². The van der Waals surface area contributed by atoms with E-state index in [4.69, 9.17) is 0 Å². The van der Waals surface area contributed by atoms with Gasteiger partial charge in [0.1, 0.15) is 5.82 Å². The van der Waals surface area contributed by atoms with Gasteiger partial charge in [-0.15, -0.1) is 0 Å². The van der Waals surface area contributed by atoms with Gasteiger partial charge in [0.2, 0.25) is 6.54 Å². The van der Waals surface area contributed by atoms with Crippen LogP contribution in [0.25, 0.3) is 16.6 Å². The summed E-state index contributed by atoms with van der Waals surface area (Å²) in [5.41, 5.74) is 1.43. The Balaban J connectivity index is 2.02. The number of aromatic carboxylic acids is 1. The van der Waals surface area contributed by atoms with Crippen molar-refractivity contribution in [3.8, 4) is 0 Å². The molecular weight excluding hydrogens is 291 g/mol. The highest BCUT2D eigenvalue weighted by atomic mass is 19.1. The quantitative estimate of drug-likeness (QED) is 0.695. The Kier molecular flexibility index (Phi) is 3.40. The molecule has 1 unspecified atom stereocenters. The fourth-order valence-electron chi connectivity index (χ4n) is 2.92. The highest BCUT2D eigenvalue weighted by Gasteiger charge is 2.25. The Bertz CT molecular complexity index is 809. The lowest BCUT2D eigenvalue weighted by Crippen LogP contribution is -2.11. The lowest BCUT2D eigenvalue weighted by molar-refractivity contribution is -0.487. The lowest BCUT2D eigenvalue weighted by atomic mass is 10.1. The van der Waals surface area contributed by atoms with E-state index >= 15 is 0 Å². The molecule has 22 heavy (non-hydrogen) atoms. The van der Waals surface area contributed by atoms with Crippen molar-refractivity contribution in [2.45, 2.75) is 12.8 Å². The Labute approximate surface area is 124 Å². The van der Waals surface area contributed by atoms with Crippen molar-refractivity contribution in [3.05, 3.63) is 52.0 Å². The van der Waals surface area contributed by atoms with Crippen LogP contribution in [0.5, 0.6) is 0 Å². The second kappa shape index (κ2) is 5.25. The van der Waals surface area contributed by atoms with Crippen molar-refractivity contribution in [3.63, 3.8) is 0 Å². The molecule has 0 saturated carbocycles. The normalized spacial score (nSPS) is 17.7. The molecule has 114 valence electrons. The molecule has 1 heterocycles. The third-order valence-electron chi connectivity index (χ3n) is 3.90. The number of nitro groups is 1. The van der Waals surface area contributed by atoms with E-state index in [9.17, 15) is 24.4 Å². The second-order valence-corrected chi connectivity index (χ2v) is 5.40. The molecular formula is C15H13FN2O4.